The van der Waals surface area contributed by atoms with Gasteiger partial charge in [0.25, 0.3) is 0 Å². The number of ether oxygens (including phenoxy) is 2. The van der Waals surface area contributed by atoms with Crippen molar-refractivity contribution in [1.82, 2.24) is 0 Å². The molecule has 1 heterocycles. The van der Waals surface area contributed by atoms with E-state index in [4.69, 9.17) is 13.9 Å². The lowest BCUT2D eigenvalue weighted by molar-refractivity contribution is 0.229. The molecule has 35 heavy (non-hydrogen) atoms. The number of benzene rings is 3. The minimum Gasteiger partial charge on any atom is -0.491 e. The lowest BCUT2D eigenvalue weighted by Crippen LogP contribution is -2.09. The minimum atomic E-state index is -0.0240. The second-order valence-corrected chi connectivity index (χ2v) is 8.62. The van der Waals surface area contributed by atoms with Crippen molar-refractivity contribution < 1.29 is 13.9 Å². The molecule has 0 aliphatic rings. The molecule has 0 spiro atoms. The number of hydrogen-bond donors (Lipinski definition) is 0. The summed E-state index contributed by atoms with van der Waals surface area (Å²) in [5.41, 5.74) is 3.65. The molecule has 0 unspecified atom stereocenters. The lowest BCUT2D eigenvalue weighted by Gasteiger charge is -2.15. The maximum Gasteiger partial charge on any atom is 0.238 e. The molecule has 5 nitrogen and oxygen atoms in total. The van der Waals surface area contributed by atoms with Crippen molar-refractivity contribution in [3.63, 3.8) is 0 Å². The standard InChI is InChI=1S/C30H28N2O3/c1-20(2)33-25-16-15-24(27(17-25)34-21(3)4)19-32-30-26(18-31)28(22-11-7-5-8-12-22)29(35-30)23-13-9-6-10-14-23/h5-17,19-21H,1-4H3. The highest BCUT2D eigenvalue weighted by atomic mass is 16.5. The van der Waals surface area contributed by atoms with Crippen molar-refractivity contribution in [2.45, 2.75) is 39.9 Å². The largest absolute Gasteiger partial charge is 0.491 e. The first-order valence-electron chi connectivity index (χ1n) is 11.7. The maximum atomic E-state index is 10.1. The highest BCUT2D eigenvalue weighted by Crippen LogP contribution is 2.42. The van der Waals surface area contributed by atoms with E-state index in [1.54, 1.807) is 6.21 Å². The first-order chi connectivity index (χ1) is 17.0. The summed E-state index contributed by atoms with van der Waals surface area (Å²) in [5, 5.41) is 10.1. The molecule has 0 bridgehead atoms. The molecule has 176 valence electrons. The summed E-state index contributed by atoms with van der Waals surface area (Å²) < 4.78 is 18.0. The topological polar surface area (TPSA) is 67.8 Å². The van der Waals surface area contributed by atoms with E-state index in [1.807, 2.05) is 107 Å². The number of rotatable bonds is 8. The Hall–Kier alpha value is -4.30. The van der Waals surface area contributed by atoms with Gasteiger partial charge in [-0.2, -0.15) is 5.26 Å². The molecule has 0 radical (unpaired) electrons. The van der Waals surface area contributed by atoms with Crippen molar-refractivity contribution >= 4 is 12.1 Å². The van der Waals surface area contributed by atoms with Crippen LogP contribution in [0.25, 0.3) is 22.5 Å². The molecule has 0 N–H and O–H groups in total. The molecular formula is C30H28N2O3. The number of nitrogens with zero attached hydrogens (tertiary/aromatic N) is 2. The Morgan fingerprint density at radius 2 is 1.46 bits per heavy atom. The molecule has 4 aromatic rings. The van der Waals surface area contributed by atoms with Gasteiger partial charge < -0.3 is 13.9 Å². The molecule has 0 amide bonds. The third kappa shape index (κ3) is 5.62. The zero-order valence-electron chi connectivity index (χ0n) is 20.4. The average molecular weight is 465 g/mol. The summed E-state index contributed by atoms with van der Waals surface area (Å²) in [6.07, 6.45) is 1.69. The number of nitriles is 1. The van der Waals surface area contributed by atoms with Crippen LogP contribution in [0.3, 0.4) is 0 Å². The van der Waals surface area contributed by atoms with E-state index < -0.39 is 0 Å². The predicted octanol–water partition coefficient (Wildman–Crippen LogP) is 7.81. The van der Waals surface area contributed by atoms with Crippen molar-refractivity contribution in [3.8, 4) is 40.0 Å². The van der Waals surface area contributed by atoms with Gasteiger partial charge in [0, 0.05) is 29.0 Å². The Labute approximate surface area is 206 Å². The van der Waals surface area contributed by atoms with Crippen LogP contribution in [0.2, 0.25) is 0 Å². The molecular weight excluding hydrogens is 436 g/mol. The SMILES string of the molecule is CC(C)Oc1ccc(C=Nc2oc(-c3ccccc3)c(-c3ccccc3)c2C#N)c(OC(C)C)c1. The van der Waals surface area contributed by atoms with Crippen LogP contribution in [-0.4, -0.2) is 18.4 Å². The van der Waals surface area contributed by atoms with Crippen LogP contribution >= 0.6 is 0 Å². The van der Waals surface area contributed by atoms with Crippen LogP contribution in [0.1, 0.15) is 38.8 Å². The summed E-state index contributed by atoms with van der Waals surface area (Å²) in [5.74, 6) is 2.24. The fourth-order valence-corrected chi connectivity index (χ4v) is 3.74. The zero-order chi connectivity index (χ0) is 24.8. The van der Waals surface area contributed by atoms with Gasteiger partial charge in [-0.3, -0.25) is 0 Å². The van der Waals surface area contributed by atoms with E-state index in [2.05, 4.69) is 11.1 Å². The van der Waals surface area contributed by atoms with E-state index >= 15 is 0 Å². The van der Waals surface area contributed by atoms with Gasteiger partial charge in [-0.15, -0.1) is 0 Å². The fraction of sp³-hybridized carbons (Fsp3) is 0.200. The average Bonchev–Trinajstić information content (AvgIpc) is 3.22. The van der Waals surface area contributed by atoms with E-state index in [1.165, 1.54) is 0 Å². The van der Waals surface area contributed by atoms with Crippen molar-refractivity contribution in [3.05, 3.63) is 90.0 Å². The number of furan rings is 1. The fourth-order valence-electron chi connectivity index (χ4n) is 3.74. The molecule has 0 aliphatic carbocycles. The first kappa shape index (κ1) is 23.8. The van der Waals surface area contributed by atoms with Crippen LogP contribution in [0, 0.1) is 11.3 Å². The van der Waals surface area contributed by atoms with Gasteiger partial charge in [-0.05, 0) is 45.4 Å². The summed E-state index contributed by atoms with van der Waals surface area (Å²) in [7, 11) is 0. The molecule has 0 fully saturated rings. The molecule has 0 atom stereocenters. The molecule has 3 aromatic carbocycles. The smallest absolute Gasteiger partial charge is 0.238 e. The molecule has 4 rings (SSSR count). The van der Waals surface area contributed by atoms with Gasteiger partial charge in [-0.1, -0.05) is 60.7 Å². The van der Waals surface area contributed by atoms with Crippen LogP contribution < -0.4 is 9.47 Å². The van der Waals surface area contributed by atoms with Gasteiger partial charge in [0.1, 0.15) is 28.9 Å². The molecule has 5 heteroatoms. The molecule has 0 saturated carbocycles. The summed E-state index contributed by atoms with van der Waals surface area (Å²) in [6.45, 7) is 7.89. The van der Waals surface area contributed by atoms with Crippen molar-refractivity contribution in [2.24, 2.45) is 4.99 Å². The second kappa shape index (κ2) is 10.8. The maximum absolute atomic E-state index is 10.1. The predicted molar refractivity (Wildman–Crippen MR) is 140 cm³/mol. The summed E-state index contributed by atoms with van der Waals surface area (Å²) >= 11 is 0. The van der Waals surface area contributed by atoms with Gasteiger partial charge in [0.15, 0.2) is 0 Å². The number of hydrogen-bond acceptors (Lipinski definition) is 5. The monoisotopic (exact) mass is 464 g/mol. The number of aliphatic imine (C=N–C) groups is 1. The summed E-state index contributed by atoms with van der Waals surface area (Å²) in [6, 6.07) is 27.5. The van der Waals surface area contributed by atoms with Crippen molar-refractivity contribution in [2.75, 3.05) is 0 Å². The van der Waals surface area contributed by atoms with E-state index in [0.29, 0.717) is 17.1 Å². The van der Waals surface area contributed by atoms with Crippen molar-refractivity contribution in [1.29, 1.82) is 5.26 Å². The Kier molecular flexibility index (Phi) is 7.32. The quantitative estimate of drug-likeness (QED) is 0.249. The van der Waals surface area contributed by atoms with Crippen LogP contribution in [0.15, 0.2) is 88.3 Å². The third-order valence-corrected chi connectivity index (χ3v) is 5.14. The Bertz CT molecular complexity index is 1350. The lowest BCUT2D eigenvalue weighted by atomic mass is 9.98. The third-order valence-electron chi connectivity index (χ3n) is 5.14. The second-order valence-electron chi connectivity index (χ2n) is 8.62. The molecule has 0 saturated heterocycles. The Morgan fingerprint density at radius 3 is 2.06 bits per heavy atom. The van der Waals surface area contributed by atoms with Crippen LogP contribution in [0.4, 0.5) is 5.88 Å². The van der Waals surface area contributed by atoms with Crippen LogP contribution in [-0.2, 0) is 0 Å². The van der Waals surface area contributed by atoms with E-state index in [9.17, 15) is 5.26 Å². The minimum absolute atomic E-state index is 0.0240. The van der Waals surface area contributed by atoms with Gasteiger partial charge in [0.2, 0.25) is 5.88 Å². The van der Waals surface area contributed by atoms with Gasteiger partial charge >= 0.3 is 0 Å². The van der Waals surface area contributed by atoms with Crippen LogP contribution in [0.5, 0.6) is 11.5 Å². The Morgan fingerprint density at radius 1 is 0.829 bits per heavy atom. The zero-order valence-corrected chi connectivity index (χ0v) is 20.4. The normalized spacial score (nSPS) is 11.2. The van der Waals surface area contributed by atoms with Gasteiger partial charge in [-0.25, -0.2) is 4.99 Å². The van der Waals surface area contributed by atoms with Gasteiger partial charge in [0.05, 0.1) is 12.2 Å². The highest BCUT2D eigenvalue weighted by molar-refractivity contribution is 5.90. The highest BCUT2D eigenvalue weighted by Gasteiger charge is 2.22. The van der Waals surface area contributed by atoms with E-state index in [-0.39, 0.29) is 18.1 Å². The molecule has 1 aromatic heterocycles. The van der Waals surface area contributed by atoms with E-state index in [0.717, 1.165) is 28.0 Å². The molecule has 0 aliphatic heterocycles. The summed E-state index contributed by atoms with van der Waals surface area (Å²) in [4.78, 5) is 4.60. The Balaban J connectivity index is 1.81. The first-order valence-corrected chi connectivity index (χ1v) is 11.7.